The zero-order chi connectivity index (χ0) is 24.8. The second-order valence-corrected chi connectivity index (χ2v) is 11.0. The molecule has 0 radical (unpaired) electrons. The fraction of sp³-hybridized carbons (Fsp3) is 0.391. The maximum atomic E-state index is 13.4. The summed E-state index contributed by atoms with van der Waals surface area (Å²) in [7, 11) is -3.77. The van der Waals surface area contributed by atoms with Crippen LogP contribution in [-0.2, 0) is 26.2 Å². The summed E-state index contributed by atoms with van der Waals surface area (Å²) in [4.78, 5) is 27.5. The molecule has 33 heavy (non-hydrogen) atoms. The van der Waals surface area contributed by atoms with E-state index in [1.165, 1.54) is 29.2 Å². The van der Waals surface area contributed by atoms with Gasteiger partial charge in [-0.2, -0.15) is 0 Å². The molecule has 0 heterocycles. The van der Waals surface area contributed by atoms with Gasteiger partial charge in [-0.25, -0.2) is 12.8 Å². The number of rotatable bonds is 10. The third-order valence-corrected chi connectivity index (χ3v) is 7.09. The average Bonchev–Trinajstić information content (AvgIpc) is 2.76. The molecule has 0 aromatic heterocycles. The lowest BCUT2D eigenvalue weighted by molar-refractivity contribution is -0.139. The molecule has 0 aliphatic rings. The lowest BCUT2D eigenvalue weighted by atomic mass is 10.1. The second kappa shape index (κ2) is 11.8. The standard InChI is InChI=1S/C23H29FIN3O4S/c1-5-16(2)26-23(30)17(3)27(14-18-6-8-19(24)9-7-18)22(29)15-28(33(4,31)32)21-12-10-20(25)11-13-21/h6-13,16-17H,5,14-15H2,1-4H3,(H,26,30)/t16-,17+/m1/s1. The van der Waals surface area contributed by atoms with Crippen LogP contribution in [0.2, 0.25) is 0 Å². The lowest BCUT2D eigenvalue weighted by Gasteiger charge is -2.32. The number of benzene rings is 2. The Labute approximate surface area is 208 Å². The van der Waals surface area contributed by atoms with Crippen LogP contribution in [0.25, 0.3) is 0 Å². The van der Waals surface area contributed by atoms with Crippen molar-refractivity contribution in [3.63, 3.8) is 0 Å². The molecule has 180 valence electrons. The van der Waals surface area contributed by atoms with Crippen LogP contribution in [0.4, 0.5) is 10.1 Å². The van der Waals surface area contributed by atoms with Crippen LogP contribution in [-0.4, -0.2) is 50.0 Å². The Kier molecular flexibility index (Phi) is 9.65. The Morgan fingerprint density at radius 3 is 2.15 bits per heavy atom. The van der Waals surface area contributed by atoms with E-state index in [0.29, 0.717) is 11.3 Å². The lowest BCUT2D eigenvalue weighted by Crippen LogP contribution is -2.52. The van der Waals surface area contributed by atoms with Gasteiger partial charge in [-0.3, -0.25) is 13.9 Å². The first-order chi connectivity index (χ1) is 15.4. The maximum Gasteiger partial charge on any atom is 0.244 e. The summed E-state index contributed by atoms with van der Waals surface area (Å²) in [5, 5.41) is 2.86. The molecule has 2 rings (SSSR count). The van der Waals surface area contributed by atoms with Crippen molar-refractivity contribution in [1.29, 1.82) is 0 Å². The summed E-state index contributed by atoms with van der Waals surface area (Å²) in [6.07, 6.45) is 1.75. The summed E-state index contributed by atoms with van der Waals surface area (Å²) >= 11 is 2.11. The predicted molar refractivity (Wildman–Crippen MR) is 136 cm³/mol. The van der Waals surface area contributed by atoms with Gasteiger partial charge in [0.05, 0.1) is 11.9 Å². The first kappa shape index (κ1) is 27.0. The summed E-state index contributed by atoms with van der Waals surface area (Å²) in [5.41, 5.74) is 0.970. The molecule has 0 saturated heterocycles. The number of nitrogens with zero attached hydrogens (tertiary/aromatic N) is 2. The number of carbonyl (C=O) groups is 2. The number of hydrogen-bond donors (Lipinski definition) is 1. The minimum Gasteiger partial charge on any atom is -0.352 e. The minimum absolute atomic E-state index is 0.0263. The summed E-state index contributed by atoms with van der Waals surface area (Å²) in [6.45, 7) is 4.94. The highest BCUT2D eigenvalue weighted by Gasteiger charge is 2.30. The molecule has 0 bridgehead atoms. The Morgan fingerprint density at radius 2 is 1.64 bits per heavy atom. The van der Waals surface area contributed by atoms with Crippen molar-refractivity contribution in [2.45, 2.75) is 45.8 Å². The molecule has 0 unspecified atom stereocenters. The maximum absolute atomic E-state index is 13.4. The topological polar surface area (TPSA) is 86.8 Å². The Morgan fingerprint density at radius 1 is 1.06 bits per heavy atom. The zero-order valence-corrected chi connectivity index (χ0v) is 22.1. The Hall–Kier alpha value is -2.21. The molecule has 0 fully saturated rings. The van der Waals surface area contributed by atoms with Gasteiger partial charge in [0.25, 0.3) is 0 Å². The van der Waals surface area contributed by atoms with E-state index in [2.05, 4.69) is 27.9 Å². The molecule has 0 spiro atoms. The fourth-order valence-electron chi connectivity index (χ4n) is 3.06. The molecule has 2 aromatic rings. The molecular formula is C23H29FIN3O4S. The number of carbonyl (C=O) groups excluding carboxylic acids is 2. The van der Waals surface area contributed by atoms with E-state index in [4.69, 9.17) is 0 Å². The monoisotopic (exact) mass is 589 g/mol. The predicted octanol–water partition coefficient (Wildman–Crippen LogP) is 3.53. The minimum atomic E-state index is -3.77. The fourth-order valence-corrected chi connectivity index (χ4v) is 4.26. The molecule has 0 saturated carbocycles. The van der Waals surface area contributed by atoms with Crippen molar-refractivity contribution in [1.82, 2.24) is 10.2 Å². The normalized spacial score (nSPS) is 13.2. The third kappa shape index (κ3) is 7.95. The van der Waals surface area contributed by atoms with E-state index in [1.807, 2.05) is 13.8 Å². The van der Waals surface area contributed by atoms with Gasteiger partial charge in [0.1, 0.15) is 18.4 Å². The largest absolute Gasteiger partial charge is 0.352 e. The van der Waals surface area contributed by atoms with Gasteiger partial charge in [-0.1, -0.05) is 19.1 Å². The van der Waals surface area contributed by atoms with Gasteiger partial charge < -0.3 is 10.2 Å². The van der Waals surface area contributed by atoms with Crippen molar-refractivity contribution in [3.05, 3.63) is 63.5 Å². The van der Waals surface area contributed by atoms with Crippen molar-refractivity contribution in [2.24, 2.45) is 0 Å². The molecule has 0 aliphatic carbocycles. The van der Waals surface area contributed by atoms with E-state index in [-0.39, 0.29) is 18.5 Å². The average molecular weight is 589 g/mol. The van der Waals surface area contributed by atoms with Crippen LogP contribution in [0.1, 0.15) is 32.8 Å². The number of nitrogens with one attached hydrogen (secondary N) is 1. The number of halogens is 2. The molecule has 2 amide bonds. The summed E-state index contributed by atoms with van der Waals surface area (Å²) in [6, 6.07) is 11.4. The van der Waals surface area contributed by atoms with E-state index in [9.17, 15) is 22.4 Å². The van der Waals surface area contributed by atoms with Crippen molar-refractivity contribution >= 4 is 50.1 Å². The first-order valence-electron chi connectivity index (χ1n) is 10.5. The van der Waals surface area contributed by atoms with E-state index in [1.54, 1.807) is 31.2 Å². The van der Waals surface area contributed by atoms with E-state index < -0.39 is 34.3 Å². The highest BCUT2D eigenvalue weighted by molar-refractivity contribution is 14.1. The quantitative estimate of drug-likeness (QED) is 0.430. The number of sulfonamides is 1. The van der Waals surface area contributed by atoms with Crippen LogP contribution < -0.4 is 9.62 Å². The van der Waals surface area contributed by atoms with Crippen molar-refractivity contribution in [2.75, 3.05) is 17.1 Å². The second-order valence-electron chi connectivity index (χ2n) is 7.89. The van der Waals surface area contributed by atoms with Gasteiger partial charge in [0.2, 0.25) is 21.8 Å². The highest BCUT2D eigenvalue weighted by atomic mass is 127. The van der Waals surface area contributed by atoms with Crippen molar-refractivity contribution in [3.8, 4) is 0 Å². The van der Waals surface area contributed by atoms with Crippen LogP contribution in [0.5, 0.6) is 0 Å². The third-order valence-electron chi connectivity index (χ3n) is 5.23. The van der Waals surface area contributed by atoms with Gasteiger partial charge in [0, 0.05) is 16.2 Å². The zero-order valence-electron chi connectivity index (χ0n) is 19.1. The van der Waals surface area contributed by atoms with Crippen LogP contribution in [0, 0.1) is 9.39 Å². The Balaban J connectivity index is 2.36. The smallest absolute Gasteiger partial charge is 0.244 e. The van der Waals surface area contributed by atoms with E-state index >= 15 is 0 Å². The van der Waals surface area contributed by atoms with Gasteiger partial charge in [0.15, 0.2) is 0 Å². The van der Waals surface area contributed by atoms with Crippen molar-refractivity contribution < 1.29 is 22.4 Å². The number of hydrogen-bond acceptors (Lipinski definition) is 4. The molecule has 2 atom stereocenters. The summed E-state index contributed by atoms with van der Waals surface area (Å²) < 4.78 is 40.3. The summed E-state index contributed by atoms with van der Waals surface area (Å²) in [5.74, 6) is -1.31. The highest BCUT2D eigenvalue weighted by Crippen LogP contribution is 2.20. The molecule has 7 nitrogen and oxygen atoms in total. The molecule has 0 aliphatic heterocycles. The molecule has 10 heteroatoms. The van der Waals surface area contributed by atoms with Gasteiger partial charge in [-0.05, 0) is 84.8 Å². The molecular weight excluding hydrogens is 560 g/mol. The molecule has 1 N–H and O–H groups in total. The number of anilines is 1. The van der Waals surface area contributed by atoms with Crippen LogP contribution in [0.3, 0.4) is 0 Å². The Bertz CT molecular complexity index is 1060. The van der Waals surface area contributed by atoms with Gasteiger partial charge in [-0.15, -0.1) is 0 Å². The van der Waals surface area contributed by atoms with Crippen LogP contribution >= 0.6 is 22.6 Å². The first-order valence-corrected chi connectivity index (χ1v) is 13.4. The molecule has 2 aromatic carbocycles. The SMILES string of the molecule is CC[C@@H](C)NC(=O)[C@H](C)N(Cc1ccc(F)cc1)C(=O)CN(c1ccc(I)cc1)S(C)(=O)=O. The number of amides is 2. The van der Waals surface area contributed by atoms with Crippen LogP contribution in [0.15, 0.2) is 48.5 Å². The van der Waals surface area contributed by atoms with Gasteiger partial charge >= 0.3 is 0 Å². The van der Waals surface area contributed by atoms with E-state index in [0.717, 1.165) is 20.6 Å².